The molecule has 2 saturated heterocycles. The normalized spacial score (nSPS) is 27.4. The Morgan fingerprint density at radius 2 is 2.16 bits per heavy atom. The molecule has 2 fully saturated rings. The lowest BCUT2D eigenvalue weighted by molar-refractivity contribution is -0.141. The second kappa shape index (κ2) is 4.63. The zero-order chi connectivity index (χ0) is 13.5. The average molecular weight is 272 g/mol. The molecule has 3 heterocycles. The fraction of sp³-hybridized carbons (Fsp3) is 0.667. The highest BCUT2D eigenvalue weighted by Crippen LogP contribution is 2.31. The highest BCUT2D eigenvalue weighted by Gasteiger charge is 2.38. The Balaban J connectivity index is 1.89. The SMILES string of the molecule is FC(F)(F)c1ccnc(N2CCCC3CNCC32)n1. The Morgan fingerprint density at radius 1 is 1.32 bits per heavy atom. The summed E-state index contributed by atoms with van der Waals surface area (Å²) in [5.41, 5.74) is -0.870. The zero-order valence-corrected chi connectivity index (χ0v) is 10.3. The van der Waals surface area contributed by atoms with E-state index in [0.717, 1.165) is 38.5 Å². The van der Waals surface area contributed by atoms with Crippen LogP contribution in [0.15, 0.2) is 12.3 Å². The first kappa shape index (κ1) is 12.7. The minimum atomic E-state index is -4.42. The summed E-state index contributed by atoms with van der Waals surface area (Å²) in [5, 5.41) is 3.29. The van der Waals surface area contributed by atoms with Crippen LogP contribution < -0.4 is 10.2 Å². The van der Waals surface area contributed by atoms with Crippen LogP contribution in [0, 0.1) is 5.92 Å². The molecule has 2 unspecified atom stereocenters. The fourth-order valence-electron chi connectivity index (χ4n) is 2.96. The molecule has 1 aromatic rings. The average Bonchev–Trinajstić information content (AvgIpc) is 2.86. The van der Waals surface area contributed by atoms with Crippen LogP contribution >= 0.6 is 0 Å². The van der Waals surface area contributed by atoms with Crippen LogP contribution in [-0.2, 0) is 6.18 Å². The molecule has 3 rings (SSSR count). The third-order valence-corrected chi connectivity index (χ3v) is 3.87. The summed E-state index contributed by atoms with van der Waals surface area (Å²) in [4.78, 5) is 9.63. The Labute approximate surface area is 109 Å². The fourth-order valence-corrected chi connectivity index (χ4v) is 2.96. The molecule has 0 spiro atoms. The number of fused-ring (bicyclic) bond motifs is 1. The van der Waals surface area contributed by atoms with Crippen molar-refractivity contribution in [3.8, 4) is 0 Å². The molecule has 0 saturated carbocycles. The number of hydrogen-bond acceptors (Lipinski definition) is 4. The maximum atomic E-state index is 12.7. The highest BCUT2D eigenvalue weighted by atomic mass is 19.4. The van der Waals surface area contributed by atoms with Crippen molar-refractivity contribution in [1.82, 2.24) is 15.3 Å². The van der Waals surface area contributed by atoms with Crippen LogP contribution in [-0.4, -0.2) is 35.6 Å². The first-order valence-corrected chi connectivity index (χ1v) is 6.43. The third-order valence-electron chi connectivity index (χ3n) is 3.87. The van der Waals surface area contributed by atoms with Gasteiger partial charge in [0.2, 0.25) is 5.95 Å². The first-order chi connectivity index (χ1) is 9.05. The van der Waals surface area contributed by atoms with E-state index in [-0.39, 0.29) is 12.0 Å². The first-order valence-electron chi connectivity index (χ1n) is 6.43. The topological polar surface area (TPSA) is 41.1 Å². The number of alkyl halides is 3. The summed E-state index contributed by atoms with van der Waals surface area (Å²) in [6, 6.07) is 1.13. The molecule has 104 valence electrons. The second-order valence-corrected chi connectivity index (χ2v) is 5.06. The van der Waals surface area contributed by atoms with Crippen LogP contribution in [0.1, 0.15) is 18.5 Å². The number of anilines is 1. The third kappa shape index (κ3) is 2.39. The van der Waals surface area contributed by atoms with Gasteiger partial charge in [0.15, 0.2) is 0 Å². The van der Waals surface area contributed by atoms with Crippen molar-refractivity contribution in [2.45, 2.75) is 25.1 Å². The predicted octanol–water partition coefficient (Wildman–Crippen LogP) is 1.68. The van der Waals surface area contributed by atoms with E-state index in [1.54, 1.807) is 0 Å². The largest absolute Gasteiger partial charge is 0.433 e. The van der Waals surface area contributed by atoms with E-state index in [1.165, 1.54) is 6.20 Å². The van der Waals surface area contributed by atoms with Gasteiger partial charge in [0, 0.05) is 31.9 Å². The summed E-state index contributed by atoms with van der Waals surface area (Å²) in [7, 11) is 0. The molecule has 7 heteroatoms. The summed E-state index contributed by atoms with van der Waals surface area (Å²) in [5.74, 6) is 0.695. The lowest BCUT2D eigenvalue weighted by Gasteiger charge is -2.37. The number of nitrogens with one attached hydrogen (secondary N) is 1. The second-order valence-electron chi connectivity index (χ2n) is 5.06. The molecular weight excluding hydrogens is 257 g/mol. The zero-order valence-electron chi connectivity index (χ0n) is 10.3. The number of hydrogen-bond donors (Lipinski definition) is 1. The number of aromatic nitrogens is 2. The molecular formula is C12H15F3N4. The molecule has 19 heavy (non-hydrogen) atoms. The molecule has 0 amide bonds. The summed E-state index contributed by atoms with van der Waals surface area (Å²) in [6.45, 7) is 2.45. The van der Waals surface area contributed by atoms with E-state index in [4.69, 9.17) is 0 Å². The lowest BCUT2D eigenvalue weighted by Crippen LogP contribution is -2.46. The Kier molecular flexibility index (Phi) is 3.08. The van der Waals surface area contributed by atoms with Gasteiger partial charge in [-0.3, -0.25) is 0 Å². The van der Waals surface area contributed by atoms with Gasteiger partial charge in [-0.05, 0) is 24.8 Å². The van der Waals surface area contributed by atoms with Crippen molar-refractivity contribution in [2.24, 2.45) is 5.92 Å². The molecule has 1 N–H and O–H groups in total. The minimum Gasteiger partial charge on any atom is -0.336 e. The van der Waals surface area contributed by atoms with Gasteiger partial charge >= 0.3 is 6.18 Å². The molecule has 2 aliphatic rings. The van der Waals surface area contributed by atoms with Crippen LogP contribution in [0.2, 0.25) is 0 Å². The quantitative estimate of drug-likeness (QED) is 0.844. The van der Waals surface area contributed by atoms with Crippen LogP contribution in [0.4, 0.5) is 19.1 Å². The maximum Gasteiger partial charge on any atom is 0.433 e. The lowest BCUT2D eigenvalue weighted by atomic mass is 9.92. The number of piperidine rings is 1. The monoisotopic (exact) mass is 272 g/mol. The van der Waals surface area contributed by atoms with Crippen molar-refractivity contribution in [2.75, 3.05) is 24.5 Å². The van der Waals surface area contributed by atoms with Gasteiger partial charge in [-0.1, -0.05) is 0 Å². The smallest absolute Gasteiger partial charge is 0.336 e. The predicted molar refractivity (Wildman–Crippen MR) is 63.8 cm³/mol. The molecule has 0 radical (unpaired) electrons. The van der Waals surface area contributed by atoms with E-state index in [0.29, 0.717) is 5.92 Å². The number of rotatable bonds is 1. The molecule has 2 atom stereocenters. The summed E-state index contributed by atoms with van der Waals surface area (Å²) in [6.07, 6.45) is -1.13. The number of nitrogens with zero attached hydrogens (tertiary/aromatic N) is 3. The molecule has 0 aliphatic carbocycles. The van der Waals surface area contributed by atoms with Crippen molar-refractivity contribution in [3.05, 3.63) is 18.0 Å². The number of halogens is 3. The molecule has 1 aromatic heterocycles. The highest BCUT2D eigenvalue weighted by molar-refractivity contribution is 5.35. The Morgan fingerprint density at radius 3 is 2.95 bits per heavy atom. The van der Waals surface area contributed by atoms with Gasteiger partial charge < -0.3 is 10.2 Å². The van der Waals surface area contributed by atoms with Gasteiger partial charge in [-0.15, -0.1) is 0 Å². The van der Waals surface area contributed by atoms with Crippen molar-refractivity contribution < 1.29 is 13.2 Å². The van der Waals surface area contributed by atoms with E-state index in [1.807, 2.05) is 4.90 Å². The van der Waals surface area contributed by atoms with Gasteiger partial charge in [-0.25, -0.2) is 9.97 Å². The van der Waals surface area contributed by atoms with Crippen molar-refractivity contribution >= 4 is 5.95 Å². The van der Waals surface area contributed by atoms with Crippen LogP contribution in [0.5, 0.6) is 0 Å². The molecule has 0 aromatic carbocycles. The van der Waals surface area contributed by atoms with E-state index in [2.05, 4.69) is 15.3 Å². The molecule has 0 bridgehead atoms. The van der Waals surface area contributed by atoms with Gasteiger partial charge in [-0.2, -0.15) is 13.2 Å². The van der Waals surface area contributed by atoms with Gasteiger partial charge in [0.1, 0.15) is 5.69 Å². The van der Waals surface area contributed by atoms with Crippen LogP contribution in [0.3, 0.4) is 0 Å². The Bertz CT molecular complexity index is 463. The van der Waals surface area contributed by atoms with Gasteiger partial charge in [0.05, 0.1) is 0 Å². The minimum absolute atomic E-state index is 0.202. The molecule has 2 aliphatic heterocycles. The standard InChI is InChI=1S/C12H15F3N4/c13-12(14,15)10-3-4-17-11(18-10)19-5-1-2-8-6-16-7-9(8)19/h3-4,8-9,16H,1-2,5-7H2. The summed E-state index contributed by atoms with van der Waals surface area (Å²) < 4.78 is 38.0. The molecule has 4 nitrogen and oxygen atoms in total. The van der Waals surface area contributed by atoms with Crippen molar-refractivity contribution in [1.29, 1.82) is 0 Å². The maximum absolute atomic E-state index is 12.7. The van der Waals surface area contributed by atoms with Crippen LogP contribution in [0.25, 0.3) is 0 Å². The van der Waals surface area contributed by atoms with E-state index < -0.39 is 11.9 Å². The summed E-state index contributed by atoms with van der Waals surface area (Å²) >= 11 is 0. The van der Waals surface area contributed by atoms with Crippen molar-refractivity contribution in [3.63, 3.8) is 0 Å². The van der Waals surface area contributed by atoms with E-state index in [9.17, 15) is 13.2 Å². The van der Waals surface area contributed by atoms with Gasteiger partial charge in [0.25, 0.3) is 0 Å². The van der Waals surface area contributed by atoms with E-state index >= 15 is 0 Å². The Hall–Kier alpha value is -1.37.